The Balaban J connectivity index is 2.23. The van der Waals surface area contributed by atoms with E-state index in [1.807, 2.05) is 13.8 Å². The fourth-order valence-corrected chi connectivity index (χ4v) is 2.33. The summed E-state index contributed by atoms with van der Waals surface area (Å²) in [7, 11) is 0. The summed E-state index contributed by atoms with van der Waals surface area (Å²) in [6.07, 6.45) is 0. The monoisotopic (exact) mass is 336 g/mol. The molecule has 1 amide bonds. The Bertz CT molecular complexity index is 712. The van der Waals surface area contributed by atoms with E-state index in [2.05, 4.69) is 5.16 Å². The van der Waals surface area contributed by atoms with Gasteiger partial charge in [-0.25, -0.2) is 0 Å². The van der Waals surface area contributed by atoms with Crippen LogP contribution in [-0.2, 0) is 4.79 Å². The molecular formula is C16H17ClN2O4. The zero-order valence-corrected chi connectivity index (χ0v) is 13.6. The lowest BCUT2D eigenvalue weighted by Gasteiger charge is -2.21. The van der Waals surface area contributed by atoms with Gasteiger partial charge in [-0.1, -0.05) is 42.7 Å². The molecule has 1 aromatic heterocycles. The summed E-state index contributed by atoms with van der Waals surface area (Å²) in [5.74, 6) is -1.44. The van der Waals surface area contributed by atoms with E-state index >= 15 is 0 Å². The number of hydrogen-bond acceptors (Lipinski definition) is 4. The highest BCUT2D eigenvalue weighted by molar-refractivity contribution is 6.30. The van der Waals surface area contributed by atoms with E-state index in [0.717, 1.165) is 0 Å². The van der Waals surface area contributed by atoms with Gasteiger partial charge in [-0.2, -0.15) is 0 Å². The zero-order chi connectivity index (χ0) is 17.0. The van der Waals surface area contributed by atoms with Crippen molar-refractivity contribution < 1.29 is 19.2 Å². The maximum absolute atomic E-state index is 12.4. The third kappa shape index (κ3) is 4.56. The van der Waals surface area contributed by atoms with Crippen molar-refractivity contribution in [2.24, 2.45) is 5.92 Å². The van der Waals surface area contributed by atoms with Crippen LogP contribution < -0.4 is 0 Å². The lowest BCUT2D eigenvalue weighted by atomic mass is 10.1. The van der Waals surface area contributed by atoms with E-state index in [4.69, 9.17) is 21.2 Å². The lowest BCUT2D eigenvalue weighted by Crippen LogP contribution is -2.38. The quantitative estimate of drug-likeness (QED) is 0.875. The first-order valence-electron chi connectivity index (χ1n) is 7.10. The largest absolute Gasteiger partial charge is 0.480 e. The average Bonchev–Trinajstić information content (AvgIpc) is 2.94. The molecule has 2 rings (SSSR count). The number of nitrogens with zero attached hydrogens (tertiary/aromatic N) is 2. The Kier molecular flexibility index (Phi) is 5.39. The fraction of sp³-hybridized carbons (Fsp3) is 0.312. The summed E-state index contributed by atoms with van der Waals surface area (Å²) in [6.45, 7) is 3.74. The molecule has 0 aliphatic heterocycles. The smallest absolute Gasteiger partial charge is 0.323 e. The van der Waals surface area contributed by atoms with Crippen molar-refractivity contribution in [3.05, 3.63) is 41.1 Å². The molecule has 0 bridgehead atoms. The van der Waals surface area contributed by atoms with Crippen LogP contribution in [0.1, 0.15) is 24.4 Å². The van der Waals surface area contributed by atoms with Crippen LogP contribution >= 0.6 is 11.6 Å². The minimum Gasteiger partial charge on any atom is -0.480 e. The van der Waals surface area contributed by atoms with Gasteiger partial charge >= 0.3 is 5.97 Å². The summed E-state index contributed by atoms with van der Waals surface area (Å²) in [4.78, 5) is 24.6. The van der Waals surface area contributed by atoms with Crippen LogP contribution in [0, 0.1) is 5.92 Å². The molecule has 7 heteroatoms. The second-order valence-electron chi connectivity index (χ2n) is 5.56. The van der Waals surface area contributed by atoms with Gasteiger partial charge in [0.25, 0.3) is 5.91 Å². The molecule has 0 aliphatic rings. The van der Waals surface area contributed by atoms with Crippen molar-refractivity contribution in [1.82, 2.24) is 10.1 Å². The predicted octanol–water partition coefficient (Wildman–Crippen LogP) is 3.18. The van der Waals surface area contributed by atoms with E-state index in [0.29, 0.717) is 22.8 Å². The predicted molar refractivity (Wildman–Crippen MR) is 85.3 cm³/mol. The van der Waals surface area contributed by atoms with E-state index < -0.39 is 11.9 Å². The molecule has 1 N–H and O–H groups in total. The number of halogens is 1. The van der Waals surface area contributed by atoms with Crippen LogP contribution in [0.4, 0.5) is 0 Å². The van der Waals surface area contributed by atoms with Crippen molar-refractivity contribution in [1.29, 1.82) is 0 Å². The minimum absolute atomic E-state index is 0.00174. The summed E-state index contributed by atoms with van der Waals surface area (Å²) in [5.41, 5.74) is 1.18. The van der Waals surface area contributed by atoms with Gasteiger partial charge in [0.1, 0.15) is 12.2 Å². The van der Waals surface area contributed by atoms with Crippen LogP contribution in [0.15, 0.2) is 34.9 Å². The molecule has 0 fully saturated rings. The Hall–Kier alpha value is -2.34. The van der Waals surface area contributed by atoms with Gasteiger partial charge < -0.3 is 14.5 Å². The van der Waals surface area contributed by atoms with Crippen LogP contribution in [0.5, 0.6) is 0 Å². The number of rotatable bonds is 6. The molecule has 0 atom stereocenters. The number of carbonyl (C=O) groups is 2. The highest BCUT2D eigenvalue weighted by atomic mass is 35.5. The van der Waals surface area contributed by atoms with Crippen LogP contribution in [-0.4, -0.2) is 40.1 Å². The summed E-state index contributed by atoms with van der Waals surface area (Å²) in [5, 5.41) is 13.4. The number of aliphatic carboxylic acids is 1. The van der Waals surface area contributed by atoms with Crippen LogP contribution in [0.3, 0.4) is 0 Å². The van der Waals surface area contributed by atoms with E-state index in [9.17, 15) is 9.59 Å². The Morgan fingerprint density at radius 3 is 2.70 bits per heavy atom. The van der Waals surface area contributed by atoms with Gasteiger partial charge in [0.15, 0.2) is 0 Å². The summed E-state index contributed by atoms with van der Waals surface area (Å²) in [6, 6.07) is 8.48. The number of carboxylic acids is 1. The van der Waals surface area contributed by atoms with E-state index in [-0.39, 0.29) is 18.2 Å². The van der Waals surface area contributed by atoms with Crippen LogP contribution in [0.25, 0.3) is 11.3 Å². The first-order chi connectivity index (χ1) is 10.9. The molecule has 0 unspecified atom stereocenters. The highest BCUT2D eigenvalue weighted by Crippen LogP contribution is 2.23. The van der Waals surface area contributed by atoms with Gasteiger partial charge in [-0.15, -0.1) is 0 Å². The second-order valence-corrected chi connectivity index (χ2v) is 6.00. The fourth-order valence-electron chi connectivity index (χ4n) is 2.14. The molecule has 1 heterocycles. The Labute approximate surface area is 138 Å². The first-order valence-corrected chi connectivity index (χ1v) is 7.48. The highest BCUT2D eigenvalue weighted by Gasteiger charge is 2.23. The van der Waals surface area contributed by atoms with Gasteiger partial charge in [0.2, 0.25) is 5.76 Å². The number of amides is 1. The van der Waals surface area contributed by atoms with E-state index in [1.54, 1.807) is 24.3 Å². The molecule has 0 aliphatic carbocycles. The lowest BCUT2D eigenvalue weighted by molar-refractivity contribution is -0.137. The third-order valence-electron chi connectivity index (χ3n) is 3.04. The second kappa shape index (κ2) is 7.28. The van der Waals surface area contributed by atoms with Gasteiger partial charge in [0.05, 0.1) is 0 Å². The number of benzene rings is 1. The molecule has 0 radical (unpaired) electrons. The van der Waals surface area contributed by atoms with E-state index in [1.165, 1.54) is 11.0 Å². The minimum atomic E-state index is -1.08. The molecule has 122 valence electrons. The van der Waals surface area contributed by atoms with Crippen molar-refractivity contribution in [2.75, 3.05) is 13.1 Å². The third-order valence-corrected chi connectivity index (χ3v) is 3.28. The molecule has 6 nitrogen and oxygen atoms in total. The average molecular weight is 337 g/mol. The first kappa shape index (κ1) is 17.0. The molecule has 1 aromatic carbocycles. The molecular weight excluding hydrogens is 320 g/mol. The molecule has 0 saturated carbocycles. The standard InChI is InChI=1S/C16H17ClN2O4/c1-10(2)8-19(9-15(20)21)16(22)14-7-13(18-23-14)11-4-3-5-12(17)6-11/h3-7,10H,8-9H2,1-2H3,(H,20,21). The SMILES string of the molecule is CC(C)CN(CC(=O)O)C(=O)c1cc(-c2cccc(Cl)c2)no1. The number of carboxylic acid groups (broad SMARTS) is 1. The maximum atomic E-state index is 12.4. The number of hydrogen-bond donors (Lipinski definition) is 1. The topological polar surface area (TPSA) is 83.6 Å². The maximum Gasteiger partial charge on any atom is 0.323 e. The Morgan fingerprint density at radius 2 is 2.09 bits per heavy atom. The van der Waals surface area contributed by atoms with Crippen molar-refractivity contribution in [3.63, 3.8) is 0 Å². The molecule has 2 aromatic rings. The molecule has 0 saturated heterocycles. The summed E-state index contributed by atoms with van der Waals surface area (Å²) >= 11 is 5.93. The molecule has 0 spiro atoms. The van der Waals surface area contributed by atoms with Crippen molar-refractivity contribution in [2.45, 2.75) is 13.8 Å². The Morgan fingerprint density at radius 1 is 1.35 bits per heavy atom. The number of aromatic nitrogens is 1. The summed E-state index contributed by atoms with van der Waals surface area (Å²) < 4.78 is 5.09. The normalized spacial score (nSPS) is 10.8. The van der Waals surface area contributed by atoms with Crippen molar-refractivity contribution >= 4 is 23.5 Å². The van der Waals surface area contributed by atoms with Crippen LogP contribution in [0.2, 0.25) is 5.02 Å². The zero-order valence-electron chi connectivity index (χ0n) is 12.8. The van der Waals surface area contributed by atoms with Gasteiger partial charge in [-0.05, 0) is 18.1 Å². The van der Waals surface area contributed by atoms with Gasteiger partial charge in [-0.3, -0.25) is 9.59 Å². The number of carbonyl (C=O) groups excluding carboxylic acids is 1. The van der Waals surface area contributed by atoms with Crippen molar-refractivity contribution in [3.8, 4) is 11.3 Å². The van der Waals surface area contributed by atoms with Gasteiger partial charge in [0, 0.05) is 23.2 Å². The molecule has 23 heavy (non-hydrogen) atoms.